The molecule has 2 amide bonds. The Hall–Kier alpha value is -2.02. The summed E-state index contributed by atoms with van der Waals surface area (Å²) in [6, 6.07) is 7.95. The summed E-state index contributed by atoms with van der Waals surface area (Å²) in [5.74, 6) is 1.89. The first-order chi connectivity index (χ1) is 14.2. The zero-order valence-corrected chi connectivity index (χ0v) is 17.2. The van der Waals surface area contributed by atoms with Gasteiger partial charge in [-0.2, -0.15) is 0 Å². The molecule has 2 N–H and O–H groups in total. The van der Waals surface area contributed by atoms with Gasteiger partial charge in [0.25, 0.3) is 5.22 Å². The molecule has 5 rings (SSSR count). The SMILES string of the molecule is O=C(CSc1nc2ccccc2o1)NC1CCC2C(C1)NC(=O)C1CCCCC12. The molecule has 2 aliphatic carbocycles. The van der Waals surface area contributed by atoms with E-state index in [0.717, 1.165) is 36.8 Å². The van der Waals surface area contributed by atoms with E-state index >= 15 is 0 Å². The van der Waals surface area contributed by atoms with Gasteiger partial charge in [0.1, 0.15) is 5.52 Å². The van der Waals surface area contributed by atoms with Gasteiger partial charge in [-0.3, -0.25) is 9.59 Å². The Morgan fingerprint density at radius 1 is 1.17 bits per heavy atom. The van der Waals surface area contributed by atoms with Crippen LogP contribution in [-0.2, 0) is 9.59 Å². The first-order valence-electron chi connectivity index (χ1n) is 10.8. The summed E-state index contributed by atoms with van der Waals surface area (Å²) in [4.78, 5) is 29.4. The van der Waals surface area contributed by atoms with Crippen molar-refractivity contribution in [1.82, 2.24) is 15.6 Å². The van der Waals surface area contributed by atoms with Crippen molar-refractivity contribution >= 4 is 34.7 Å². The Kier molecular flexibility index (Phi) is 5.24. The van der Waals surface area contributed by atoms with Crippen LogP contribution < -0.4 is 10.6 Å². The largest absolute Gasteiger partial charge is 0.431 e. The smallest absolute Gasteiger partial charge is 0.257 e. The number of hydrogen-bond donors (Lipinski definition) is 2. The number of piperidine rings is 1. The molecule has 154 valence electrons. The second kappa shape index (κ2) is 8.01. The lowest BCUT2D eigenvalue weighted by molar-refractivity contribution is -0.135. The molecule has 0 spiro atoms. The van der Waals surface area contributed by atoms with Crippen molar-refractivity contribution in [2.24, 2.45) is 17.8 Å². The highest BCUT2D eigenvalue weighted by atomic mass is 32.2. The number of aromatic nitrogens is 1. The molecule has 3 aliphatic rings. The quantitative estimate of drug-likeness (QED) is 0.750. The Morgan fingerprint density at radius 3 is 2.93 bits per heavy atom. The van der Waals surface area contributed by atoms with Crippen molar-refractivity contribution in [3.8, 4) is 0 Å². The fourth-order valence-electron chi connectivity index (χ4n) is 5.60. The van der Waals surface area contributed by atoms with Crippen molar-refractivity contribution in [2.75, 3.05) is 5.75 Å². The Morgan fingerprint density at radius 2 is 2.03 bits per heavy atom. The van der Waals surface area contributed by atoms with Gasteiger partial charge in [-0.25, -0.2) is 4.98 Å². The third-order valence-corrected chi connectivity index (χ3v) is 7.73. The van der Waals surface area contributed by atoms with Crippen LogP contribution in [0.1, 0.15) is 44.9 Å². The molecule has 0 radical (unpaired) electrons. The van der Waals surface area contributed by atoms with Crippen LogP contribution in [0.4, 0.5) is 0 Å². The van der Waals surface area contributed by atoms with Gasteiger partial charge in [0, 0.05) is 18.0 Å². The van der Waals surface area contributed by atoms with E-state index in [1.807, 2.05) is 24.3 Å². The van der Waals surface area contributed by atoms with E-state index in [0.29, 0.717) is 17.1 Å². The lowest BCUT2D eigenvalue weighted by Gasteiger charge is -2.49. The second-order valence-electron chi connectivity index (χ2n) is 8.65. The predicted molar refractivity (Wildman–Crippen MR) is 111 cm³/mol. The number of benzene rings is 1. The number of nitrogens with one attached hydrogen (secondary N) is 2. The second-order valence-corrected chi connectivity index (χ2v) is 9.57. The van der Waals surface area contributed by atoms with E-state index in [1.54, 1.807) is 0 Å². The van der Waals surface area contributed by atoms with Crippen LogP contribution in [0, 0.1) is 17.8 Å². The Balaban J connectivity index is 1.14. The van der Waals surface area contributed by atoms with Crippen molar-refractivity contribution in [2.45, 2.75) is 62.3 Å². The third kappa shape index (κ3) is 3.89. The number of thioether (sulfide) groups is 1. The fourth-order valence-corrected chi connectivity index (χ4v) is 6.25. The fraction of sp³-hybridized carbons (Fsp3) is 0.591. The summed E-state index contributed by atoms with van der Waals surface area (Å²) < 4.78 is 5.67. The lowest BCUT2D eigenvalue weighted by Crippen LogP contribution is -2.59. The Bertz CT molecular complexity index is 881. The van der Waals surface area contributed by atoms with E-state index in [1.165, 1.54) is 31.0 Å². The molecule has 0 bridgehead atoms. The maximum Gasteiger partial charge on any atom is 0.257 e. The number of amides is 2. The monoisotopic (exact) mass is 413 g/mol. The number of rotatable bonds is 4. The molecule has 6 nitrogen and oxygen atoms in total. The predicted octanol–water partition coefficient (Wildman–Crippen LogP) is 3.51. The van der Waals surface area contributed by atoms with Crippen LogP contribution in [0.15, 0.2) is 33.9 Å². The zero-order valence-electron chi connectivity index (χ0n) is 16.4. The summed E-state index contributed by atoms with van der Waals surface area (Å²) in [5, 5.41) is 6.96. The average molecular weight is 414 g/mol. The number of nitrogens with zero attached hydrogens (tertiary/aromatic N) is 1. The number of hydrogen-bond acceptors (Lipinski definition) is 5. The topological polar surface area (TPSA) is 84.2 Å². The minimum Gasteiger partial charge on any atom is -0.431 e. The maximum atomic E-state index is 12.5. The van der Waals surface area contributed by atoms with Crippen molar-refractivity contribution in [3.05, 3.63) is 24.3 Å². The van der Waals surface area contributed by atoms with Gasteiger partial charge in [-0.05, 0) is 56.1 Å². The van der Waals surface area contributed by atoms with Gasteiger partial charge >= 0.3 is 0 Å². The van der Waals surface area contributed by atoms with Crippen molar-refractivity contribution < 1.29 is 14.0 Å². The number of fused-ring (bicyclic) bond motifs is 4. The van der Waals surface area contributed by atoms with Crippen LogP contribution in [-0.4, -0.2) is 34.6 Å². The van der Waals surface area contributed by atoms with Crippen LogP contribution in [0.2, 0.25) is 0 Å². The molecule has 1 aliphatic heterocycles. The van der Waals surface area contributed by atoms with E-state index in [9.17, 15) is 9.59 Å². The van der Waals surface area contributed by atoms with Gasteiger partial charge in [-0.15, -0.1) is 0 Å². The van der Waals surface area contributed by atoms with Gasteiger partial charge in [0.05, 0.1) is 5.75 Å². The summed E-state index contributed by atoms with van der Waals surface area (Å²) in [6.07, 6.45) is 7.62. The number of oxazole rings is 1. The normalized spacial score (nSPS) is 31.6. The minimum absolute atomic E-state index is 0.00150. The van der Waals surface area contributed by atoms with Crippen LogP contribution in [0.3, 0.4) is 0 Å². The summed E-state index contributed by atoms with van der Waals surface area (Å²) in [5.41, 5.74) is 1.55. The van der Waals surface area contributed by atoms with Gasteiger partial charge in [0.2, 0.25) is 11.8 Å². The zero-order chi connectivity index (χ0) is 19.8. The number of carbonyl (C=O) groups is 2. The summed E-state index contributed by atoms with van der Waals surface area (Å²) in [7, 11) is 0. The molecule has 1 aromatic heterocycles. The van der Waals surface area contributed by atoms with E-state index in [-0.39, 0.29) is 35.6 Å². The molecule has 7 heteroatoms. The van der Waals surface area contributed by atoms with Crippen LogP contribution in [0.5, 0.6) is 0 Å². The first kappa shape index (κ1) is 19.0. The molecule has 5 atom stereocenters. The van der Waals surface area contributed by atoms with E-state index in [2.05, 4.69) is 15.6 Å². The number of carbonyl (C=O) groups excluding carboxylic acids is 2. The average Bonchev–Trinajstić information content (AvgIpc) is 3.15. The van der Waals surface area contributed by atoms with Crippen LogP contribution >= 0.6 is 11.8 Å². The summed E-state index contributed by atoms with van der Waals surface area (Å²) in [6.45, 7) is 0. The van der Waals surface area contributed by atoms with E-state index < -0.39 is 0 Å². The molecule has 2 saturated carbocycles. The lowest BCUT2D eigenvalue weighted by atomic mass is 9.63. The Labute approximate surface area is 174 Å². The maximum absolute atomic E-state index is 12.5. The summed E-state index contributed by atoms with van der Waals surface area (Å²) >= 11 is 1.32. The van der Waals surface area contributed by atoms with Crippen molar-refractivity contribution in [3.63, 3.8) is 0 Å². The molecule has 1 aromatic carbocycles. The molecule has 1 saturated heterocycles. The molecule has 5 unspecified atom stereocenters. The van der Waals surface area contributed by atoms with Gasteiger partial charge < -0.3 is 15.1 Å². The van der Waals surface area contributed by atoms with Crippen molar-refractivity contribution in [1.29, 1.82) is 0 Å². The number of para-hydroxylation sites is 2. The highest BCUT2D eigenvalue weighted by Crippen LogP contribution is 2.44. The molecule has 3 fully saturated rings. The molecule has 29 heavy (non-hydrogen) atoms. The van der Waals surface area contributed by atoms with Gasteiger partial charge in [0.15, 0.2) is 5.58 Å². The molecule has 2 aromatic rings. The third-order valence-electron chi connectivity index (χ3n) is 6.90. The molecular formula is C22H27N3O3S. The standard InChI is InChI=1S/C22H27N3O3S/c26-20(12-29-22-25-17-7-3-4-8-19(17)28-22)23-13-9-10-15-14-5-1-2-6-16(14)21(27)24-18(15)11-13/h3-4,7-8,13-16,18H,1-2,5-6,9-12H2,(H,23,26)(H,24,27). The molecule has 2 heterocycles. The van der Waals surface area contributed by atoms with Crippen LogP contribution in [0.25, 0.3) is 11.1 Å². The minimum atomic E-state index is -0.00150. The highest BCUT2D eigenvalue weighted by Gasteiger charge is 2.46. The first-order valence-corrected chi connectivity index (χ1v) is 11.7. The van der Waals surface area contributed by atoms with E-state index in [4.69, 9.17) is 4.42 Å². The molecular weight excluding hydrogens is 386 g/mol. The highest BCUT2D eigenvalue weighted by molar-refractivity contribution is 7.99. The van der Waals surface area contributed by atoms with Gasteiger partial charge in [-0.1, -0.05) is 36.7 Å².